The van der Waals surface area contributed by atoms with Crippen molar-refractivity contribution < 1.29 is 9.47 Å². The quantitative estimate of drug-likeness (QED) is 0.787. The number of hydrogen-bond donors (Lipinski definition) is 1. The minimum atomic E-state index is 0.563. The average Bonchev–Trinajstić information content (AvgIpc) is 2.46. The van der Waals surface area contributed by atoms with E-state index in [1.54, 1.807) is 18.3 Å². The molecule has 0 radical (unpaired) electrons. The average molecular weight is 272 g/mol. The third-order valence-electron chi connectivity index (χ3n) is 2.73. The monoisotopic (exact) mass is 272 g/mol. The topological polar surface area (TPSA) is 57.4 Å². The molecule has 1 heterocycles. The van der Waals surface area contributed by atoms with Crippen LogP contribution in [-0.2, 0) is 6.42 Å². The van der Waals surface area contributed by atoms with E-state index in [1.807, 2.05) is 24.3 Å². The van der Waals surface area contributed by atoms with Crippen molar-refractivity contribution in [2.45, 2.75) is 19.8 Å². The van der Waals surface area contributed by atoms with Crippen LogP contribution in [0.2, 0.25) is 0 Å². The Morgan fingerprint density at radius 1 is 1.05 bits per heavy atom. The van der Waals surface area contributed by atoms with Crippen LogP contribution in [0.5, 0.6) is 11.5 Å². The summed E-state index contributed by atoms with van der Waals surface area (Å²) in [5, 5.41) is 0. The summed E-state index contributed by atoms with van der Waals surface area (Å²) in [4.78, 5) is 4.26. The predicted octanol–water partition coefficient (Wildman–Crippen LogP) is 3.07. The first-order valence-corrected chi connectivity index (χ1v) is 6.84. The number of hydrogen-bond acceptors (Lipinski definition) is 4. The first-order chi connectivity index (χ1) is 9.78. The molecule has 20 heavy (non-hydrogen) atoms. The molecule has 0 aliphatic rings. The molecular weight excluding hydrogens is 252 g/mol. The highest BCUT2D eigenvalue weighted by Gasteiger charge is 2.02. The lowest BCUT2D eigenvalue weighted by Crippen LogP contribution is -2.04. The summed E-state index contributed by atoms with van der Waals surface area (Å²) >= 11 is 0. The summed E-state index contributed by atoms with van der Waals surface area (Å²) < 4.78 is 11.3. The second-order valence-corrected chi connectivity index (χ2v) is 4.51. The predicted molar refractivity (Wildman–Crippen MR) is 80.1 cm³/mol. The maximum atomic E-state index is 5.84. The number of pyridine rings is 1. The van der Waals surface area contributed by atoms with Crippen LogP contribution in [-0.4, -0.2) is 18.2 Å². The molecule has 106 valence electrons. The Morgan fingerprint density at radius 3 is 2.45 bits per heavy atom. The second-order valence-electron chi connectivity index (χ2n) is 4.51. The van der Waals surface area contributed by atoms with Gasteiger partial charge in [-0.15, -0.1) is 0 Å². The molecule has 4 heteroatoms. The van der Waals surface area contributed by atoms with Crippen molar-refractivity contribution >= 4 is 5.69 Å². The number of rotatable bonds is 7. The van der Waals surface area contributed by atoms with Gasteiger partial charge in [0.1, 0.15) is 11.5 Å². The van der Waals surface area contributed by atoms with Crippen LogP contribution in [0, 0.1) is 0 Å². The number of ether oxygens (including phenoxy) is 2. The molecule has 1 aromatic carbocycles. The highest BCUT2D eigenvalue weighted by atomic mass is 16.5. The minimum absolute atomic E-state index is 0.563. The van der Waals surface area contributed by atoms with Gasteiger partial charge < -0.3 is 15.2 Å². The van der Waals surface area contributed by atoms with Crippen LogP contribution in [0.25, 0.3) is 0 Å². The molecule has 0 saturated carbocycles. The van der Waals surface area contributed by atoms with Crippen LogP contribution in [0.3, 0.4) is 0 Å². The Morgan fingerprint density at radius 2 is 1.80 bits per heavy atom. The molecular formula is C16H20N2O2. The van der Waals surface area contributed by atoms with Crippen LogP contribution in [0.15, 0.2) is 42.6 Å². The van der Waals surface area contributed by atoms with Gasteiger partial charge in [-0.2, -0.15) is 0 Å². The number of nitrogens with zero attached hydrogens (tertiary/aromatic N) is 1. The number of nitrogens with two attached hydrogens (primary N) is 1. The highest BCUT2D eigenvalue weighted by Crippen LogP contribution is 2.24. The lowest BCUT2D eigenvalue weighted by molar-refractivity contribution is 0.303. The van der Waals surface area contributed by atoms with Crippen molar-refractivity contribution in [3.05, 3.63) is 48.3 Å². The molecule has 0 saturated heterocycles. The van der Waals surface area contributed by atoms with E-state index in [1.165, 1.54) is 0 Å². The van der Waals surface area contributed by atoms with Crippen LogP contribution >= 0.6 is 0 Å². The molecule has 2 rings (SSSR count). The van der Waals surface area contributed by atoms with Crippen molar-refractivity contribution in [1.29, 1.82) is 0 Å². The molecule has 2 aromatic rings. The summed E-state index contributed by atoms with van der Waals surface area (Å²) in [7, 11) is 0. The minimum Gasteiger partial charge on any atom is -0.493 e. The Balaban J connectivity index is 1.90. The fraction of sp³-hybridized carbons (Fsp3) is 0.312. The first kappa shape index (κ1) is 14.2. The van der Waals surface area contributed by atoms with Crippen molar-refractivity contribution in [3.63, 3.8) is 0 Å². The van der Waals surface area contributed by atoms with Gasteiger partial charge in [0, 0.05) is 42.2 Å². The van der Waals surface area contributed by atoms with Crippen LogP contribution in [0.1, 0.15) is 19.0 Å². The van der Waals surface area contributed by atoms with Gasteiger partial charge in [0.25, 0.3) is 0 Å². The molecule has 0 unspecified atom stereocenters. The largest absolute Gasteiger partial charge is 0.493 e. The summed E-state index contributed by atoms with van der Waals surface area (Å²) in [6, 6.07) is 11.3. The Labute approximate surface area is 119 Å². The molecule has 0 amide bonds. The molecule has 0 bridgehead atoms. The molecule has 2 N–H and O–H groups in total. The fourth-order valence-electron chi connectivity index (χ4n) is 1.80. The van der Waals surface area contributed by atoms with E-state index in [0.29, 0.717) is 18.9 Å². The highest BCUT2D eigenvalue weighted by molar-refractivity contribution is 5.50. The number of aromatic nitrogens is 1. The smallest absolute Gasteiger partial charge is 0.125 e. The zero-order valence-electron chi connectivity index (χ0n) is 11.7. The lowest BCUT2D eigenvalue weighted by Gasteiger charge is -2.10. The number of benzene rings is 1. The molecule has 0 fully saturated rings. The van der Waals surface area contributed by atoms with E-state index < -0.39 is 0 Å². The zero-order valence-corrected chi connectivity index (χ0v) is 11.7. The fourth-order valence-corrected chi connectivity index (χ4v) is 1.80. The van der Waals surface area contributed by atoms with E-state index in [2.05, 4.69) is 11.9 Å². The van der Waals surface area contributed by atoms with Gasteiger partial charge in [-0.25, -0.2) is 0 Å². The molecule has 0 atom stereocenters. The Hall–Kier alpha value is -2.23. The Bertz CT molecular complexity index is 529. The first-order valence-electron chi connectivity index (χ1n) is 6.84. The second kappa shape index (κ2) is 7.38. The summed E-state index contributed by atoms with van der Waals surface area (Å²) in [6.07, 6.45) is 3.51. The molecule has 4 nitrogen and oxygen atoms in total. The van der Waals surface area contributed by atoms with E-state index >= 15 is 0 Å². The van der Waals surface area contributed by atoms with Crippen molar-refractivity contribution in [1.82, 2.24) is 4.98 Å². The van der Waals surface area contributed by atoms with Gasteiger partial charge in [0.15, 0.2) is 0 Å². The van der Waals surface area contributed by atoms with Crippen molar-refractivity contribution in [2.24, 2.45) is 0 Å². The summed E-state index contributed by atoms with van der Waals surface area (Å²) in [6.45, 7) is 3.31. The van der Waals surface area contributed by atoms with Gasteiger partial charge in [0.05, 0.1) is 13.2 Å². The van der Waals surface area contributed by atoms with Gasteiger partial charge in [-0.1, -0.05) is 13.0 Å². The van der Waals surface area contributed by atoms with E-state index in [-0.39, 0.29) is 0 Å². The zero-order chi connectivity index (χ0) is 14.2. The van der Waals surface area contributed by atoms with Gasteiger partial charge >= 0.3 is 0 Å². The standard InChI is InChI=1S/C16H20N2O2/c1-2-8-19-15-10-13(17)11-16(12-15)20-9-6-14-5-3-4-7-18-14/h3-5,7,10-12H,2,6,8-9,17H2,1H3. The lowest BCUT2D eigenvalue weighted by atomic mass is 10.2. The number of anilines is 1. The van der Waals surface area contributed by atoms with Gasteiger partial charge in [0.2, 0.25) is 0 Å². The Kier molecular flexibility index (Phi) is 5.24. The normalized spacial score (nSPS) is 10.2. The van der Waals surface area contributed by atoms with E-state index in [4.69, 9.17) is 15.2 Å². The van der Waals surface area contributed by atoms with Crippen LogP contribution < -0.4 is 15.2 Å². The van der Waals surface area contributed by atoms with Crippen LogP contribution in [0.4, 0.5) is 5.69 Å². The van der Waals surface area contributed by atoms with E-state index in [0.717, 1.165) is 30.0 Å². The summed E-state index contributed by atoms with van der Waals surface area (Å²) in [5.74, 6) is 1.48. The van der Waals surface area contributed by atoms with Gasteiger partial charge in [-0.05, 0) is 18.6 Å². The van der Waals surface area contributed by atoms with Crippen molar-refractivity contribution in [2.75, 3.05) is 18.9 Å². The third kappa shape index (κ3) is 4.46. The van der Waals surface area contributed by atoms with E-state index in [9.17, 15) is 0 Å². The SMILES string of the molecule is CCCOc1cc(N)cc(OCCc2ccccn2)c1. The maximum Gasteiger partial charge on any atom is 0.125 e. The third-order valence-corrected chi connectivity index (χ3v) is 2.73. The number of nitrogen functional groups attached to an aromatic ring is 1. The molecule has 0 aliphatic carbocycles. The van der Waals surface area contributed by atoms with Gasteiger partial charge in [-0.3, -0.25) is 4.98 Å². The van der Waals surface area contributed by atoms with Crippen molar-refractivity contribution in [3.8, 4) is 11.5 Å². The molecule has 0 spiro atoms. The molecule has 0 aliphatic heterocycles. The summed E-state index contributed by atoms with van der Waals surface area (Å²) in [5.41, 5.74) is 7.50. The maximum absolute atomic E-state index is 5.84. The molecule has 1 aromatic heterocycles.